The summed E-state index contributed by atoms with van der Waals surface area (Å²) < 4.78 is 13.6. The fourth-order valence-electron chi connectivity index (χ4n) is 2.11. The smallest absolute Gasteiger partial charge is 0.323 e. The van der Waals surface area contributed by atoms with Gasteiger partial charge in [0.1, 0.15) is 5.82 Å². The first-order valence-electron chi connectivity index (χ1n) is 6.49. The van der Waals surface area contributed by atoms with E-state index in [-0.39, 0.29) is 18.0 Å². The van der Waals surface area contributed by atoms with E-state index in [1.807, 2.05) is 6.92 Å². The van der Waals surface area contributed by atoms with Crippen molar-refractivity contribution in [3.8, 4) is 0 Å². The lowest BCUT2D eigenvalue weighted by Gasteiger charge is -2.10. The highest BCUT2D eigenvalue weighted by Crippen LogP contribution is 2.16. The average Bonchev–Trinajstić information content (AvgIpc) is 2.38. The summed E-state index contributed by atoms with van der Waals surface area (Å²) in [6.07, 6.45) is 0.0226. The van der Waals surface area contributed by atoms with E-state index >= 15 is 0 Å². The third-order valence-electron chi connectivity index (χ3n) is 3.19. The summed E-state index contributed by atoms with van der Waals surface area (Å²) >= 11 is 0. The van der Waals surface area contributed by atoms with E-state index < -0.39 is 11.5 Å². The number of nitrogens with zero attached hydrogens (tertiary/aromatic N) is 1. The maximum Gasteiger partial charge on any atom is 0.345 e. The van der Waals surface area contributed by atoms with Crippen molar-refractivity contribution in [2.75, 3.05) is 5.32 Å². The summed E-state index contributed by atoms with van der Waals surface area (Å²) in [6.45, 7) is 5.18. The number of rotatable bonds is 3. The zero-order chi connectivity index (χ0) is 15.6. The van der Waals surface area contributed by atoms with Gasteiger partial charge in [-0.05, 0) is 38.5 Å². The summed E-state index contributed by atoms with van der Waals surface area (Å²) in [5.41, 5.74) is 2.28. The summed E-state index contributed by atoms with van der Waals surface area (Å²) in [5, 5.41) is 2.53. The number of anilines is 1. The van der Waals surface area contributed by atoms with Crippen molar-refractivity contribution in [1.29, 1.82) is 0 Å². The first-order valence-corrected chi connectivity index (χ1v) is 6.49. The van der Waals surface area contributed by atoms with Crippen LogP contribution in [0, 0.1) is 26.6 Å². The standard InChI is InChI=1S/C15H16FN3O2/c1-8-4-5-12(16)13(6-8)19-14(20)7-11-9(2)17-15(21)18-10(11)3/h4-6H,7H2,1-3H3,(H,19,20)(H,17,18,21). The number of aromatic amines is 1. The van der Waals surface area contributed by atoms with Gasteiger partial charge in [-0.15, -0.1) is 0 Å². The van der Waals surface area contributed by atoms with Crippen LogP contribution in [0.3, 0.4) is 0 Å². The van der Waals surface area contributed by atoms with Gasteiger partial charge in [0, 0.05) is 17.0 Å². The van der Waals surface area contributed by atoms with Crippen LogP contribution in [0.2, 0.25) is 0 Å². The monoisotopic (exact) mass is 289 g/mol. The number of hydrogen-bond acceptors (Lipinski definition) is 3. The van der Waals surface area contributed by atoms with Crippen LogP contribution in [-0.2, 0) is 11.2 Å². The number of amides is 1. The molecule has 2 N–H and O–H groups in total. The lowest BCUT2D eigenvalue weighted by Crippen LogP contribution is -2.21. The molecule has 0 saturated carbocycles. The lowest BCUT2D eigenvalue weighted by molar-refractivity contribution is -0.115. The van der Waals surface area contributed by atoms with Gasteiger partial charge in [-0.2, -0.15) is 4.98 Å². The summed E-state index contributed by atoms with van der Waals surface area (Å²) in [4.78, 5) is 29.6. The third kappa shape index (κ3) is 3.53. The Kier molecular flexibility index (Phi) is 4.16. The Morgan fingerprint density at radius 1 is 1.33 bits per heavy atom. The second-order valence-corrected chi connectivity index (χ2v) is 4.94. The van der Waals surface area contributed by atoms with E-state index in [9.17, 15) is 14.0 Å². The van der Waals surface area contributed by atoms with E-state index in [1.165, 1.54) is 6.07 Å². The van der Waals surface area contributed by atoms with Crippen molar-refractivity contribution in [2.24, 2.45) is 0 Å². The normalized spacial score (nSPS) is 10.5. The van der Waals surface area contributed by atoms with E-state index in [2.05, 4.69) is 15.3 Å². The Labute approximate surface area is 121 Å². The minimum absolute atomic E-state index is 0.0226. The molecule has 6 heteroatoms. The number of hydrogen-bond donors (Lipinski definition) is 2. The molecular formula is C15H16FN3O2. The summed E-state index contributed by atoms with van der Waals surface area (Å²) in [7, 11) is 0. The van der Waals surface area contributed by atoms with E-state index in [1.54, 1.807) is 26.0 Å². The van der Waals surface area contributed by atoms with Crippen molar-refractivity contribution < 1.29 is 9.18 Å². The highest BCUT2D eigenvalue weighted by Gasteiger charge is 2.13. The van der Waals surface area contributed by atoms with E-state index in [0.717, 1.165) is 5.56 Å². The van der Waals surface area contributed by atoms with Gasteiger partial charge in [0.05, 0.1) is 12.1 Å². The van der Waals surface area contributed by atoms with Crippen molar-refractivity contribution in [1.82, 2.24) is 9.97 Å². The van der Waals surface area contributed by atoms with Gasteiger partial charge in [-0.25, -0.2) is 9.18 Å². The zero-order valence-corrected chi connectivity index (χ0v) is 12.1. The van der Waals surface area contributed by atoms with Crippen LogP contribution in [-0.4, -0.2) is 15.9 Å². The Balaban J connectivity index is 2.19. The van der Waals surface area contributed by atoms with Crippen molar-refractivity contribution in [2.45, 2.75) is 27.2 Å². The molecule has 0 atom stereocenters. The molecule has 1 aromatic heterocycles. The minimum Gasteiger partial charge on any atom is -0.323 e. The van der Waals surface area contributed by atoms with Crippen LogP contribution in [0.15, 0.2) is 23.0 Å². The second-order valence-electron chi connectivity index (χ2n) is 4.94. The highest BCUT2D eigenvalue weighted by atomic mass is 19.1. The number of benzene rings is 1. The van der Waals surface area contributed by atoms with Crippen LogP contribution in [0.1, 0.15) is 22.5 Å². The quantitative estimate of drug-likeness (QED) is 0.907. The number of aryl methyl sites for hydroxylation is 3. The first-order chi connectivity index (χ1) is 9.86. The SMILES string of the molecule is Cc1ccc(F)c(NC(=O)Cc2c(C)nc(=O)[nH]c2C)c1. The van der Waals surface area contributed by atoms with Crippen molar-refractivity contribution >= 4 is 11.6 Å². The maximum absolute atomic E-state index is 13.6. The average molecular weight is 289 g/mol. The fourth-order valence-corrected chi connectivity index (χ4v) is 2.11. The molecule has 0 aliphatic rings. The molecule has 0 aliphatic carbocycles. The molecule has 21 heavy (non-hydrogen) atoms. The number of aromatic nitrogens is 2. The molecular weight excluding hydrogens is 273 g/mol. The topological polar surface area (TPSA) is 74.8 Å². The predicted molar refractivity (Wildman–Crippen MR) is 77.8 cm³/mol. The van der Waals surface area contributed by atoms with Gasteiger partial charge in [0.15, 0.2) is 0 Å². The van der Waals surface area contributed by atoms with Crippen LogP contribution in [0.4, 0.5) is 10.1 Å². The van der Waals surface area contributed by atoms with Crippen LogP contribution in [0.25, 0.3) is 0 Å². The molecule has 1 heterocycles. The first kappa shape index (κ1) is 14.9. The Morgan fingerprint density at radius 2 is 2.05 bits per heavy atom. The van der Waals surface area contributed by atoms with Crippen LogP contribution >= 0.6 is 0 Å². The van der Waals surface area contributed by atoms with Crippen molar-refractivity contribution in [3.63, 3.8) is 0 Å². The molecule has 0 aliphatic heterocycles. The van der Waals surface area contributed by atoms with Gasteiger partial charge in [-0.3, -0.25) is 4.79 Å². The summed E-state index contributed by atoms with van der Waals surface area (Å²) in [5.74, 6) is -0.846. The van der Waals surface area contributed by atoms with Gasteiger partial charge >= 0.3 is 5.69 Å². The molecule has 0 unspecified atom stereocenters. The third-order valence-corrected chi connectivity index (χ3v) is 3.19. The zero-order valence-electron chi connectivity index (χ0n) is 12.1. The molecule has 5 nitrogen and oxygen atoms in total. The number of carbonyl (C=O) groups excluding carboxylic acids is 1. The molecule has 0 fully saturated rings. The molecule has 2 aromatic rings. The number of H-pyrrole nitrogens is 1. The van der Waals surface area contributed by atoms with Crippen LogP contribution in [0.5, 0.6) is 0 Å². The molecule has 0 bridgehead atoms. The maximum atomic E-state index is 13.6. The molecule has 0 saturated heterocycles. The van der Waals surface area contributed by atoms with Gasteiger partial charge in [0.2, 0.25) is 5.91 Å². The van der Waals surface area contributed by atoms with Crippen molar-refractivity contribution in [3.05, 3.63) is 57.0 Å². The predicted octanol–water partition coefficient (Wildman–Crippen LogP) is 2.02. The molecule has 1 aromatic carbocycles. The van der Waals surface area contributed by atoms with E-state index in [0.29, 0.717) is 17.0 Å². The van der Waals surface area contributed by atoms with Gasteiger partial charge in [-0.1, -0.05) is 6.07 Å². The fraction of sp³-hybridized carbons (Fsp3) is 0.267. The Bertz CT molecular complexity index is 727. The van der Waals surface area contributed by atoms with Gasteiger partial charge in [0.25, 0.3) is 0 Å². The lowest BCUT2D eigenvalue weighted by atomic mass is 10.1. The van der Waals surface area contributed by atoms with Gasteiger partial charge < -0.3 is 10.3 Å². The molecule has 2 rings (SSSR count). The number of carbonyl (C=O) groups is 1. The minimum atomic E-state index is -0.484. The largest absolute Gasteiger partial charge is 0.345 e. The molecule has 0 spiro atoms. The molecule has 110 valence electrons. The van der Waals surface area contributed by atoms with E-state index in [4.69, 9.17) is 0 Å². The number of nitrogens with one attached hydrogen (secondary N) is 2. The summed E-state index contributed by atoms with van der Waals surface area (Å²) in [6, 6.07) is 4.51. The molecule has 1 amide bonds. The Hall–Kier alpha value is -2.50. The Morgan fingerprint density at radius 3 is 2.71 bits per heavy atom. The molecule has 0 radical (unpaired) electrons. The van der Waals surface area contributed by atoms with Crippen LogP contribution < -0.4 is 11.0 Å². The second kappa shape index (κ2) is 5.87. The highest BCUT2D eigenvalue weighted by molar-refractivity contribution is 5.92. The number of halogens is 1.